The molecule has 0 fully saturated rings. The fraction of sp³-hybridized carbons (Fsp3) is 0.909. The summed E-state index contributed by atoms with van der Waals surface area (Å²) in [7, 11) is 1.93. The molecule has 0 aromatic carbocycles. The van der Waals surface area contributed by atoms with Crippen LogP contribution in [0.5, 0.6) is 0 Å². The van der Waals surface area contributed by atoms with Crippen molar-refractivity contribution in [1.82, 2.24) is 5.32 Å². The van der Waals surface area contributed by atoms with Crippen molar-refractivity contribution >= 4 is 5.78 Å². The zero-order valence-electron chi connectivity index (χ0n) is 10.2. The minimum absolute atomic E-state index is 0.0624. The maximum Gasteiger partial charge on any atom is 0.160 e. The molecule has 84 valence electrons. The second-order valence-corrected chi connectivity index (χ2v) is 4.80. The third-order valence-corrected chi connectivity index (χ3v) is 2.71. The van der Waals surface area contributed by atoms with Gasteiger partial charge in [0.25, 0.3) is 0 Å². The Morgan fingerprint density at radius 2 is 1.79 bits per heavy atom. The van der Waals surface area contributed by atoms with Gasteiger partial charge in [-0.15, -0.1) is 0 Å². The van der Waals surface area contributed by atoms with Gasteiger partial charge in [-0.2, -0.15) is 0 Å². The van der Waals surface area contributed by atoms with Crippen LogP contribution in [0, 0.1) is 0 Å². The number of ether oxygens (including phenoxy) is 1. The lowest BCUT2D eigenvalue weighted by atomic mass is 10.0. The molecule has 0 unspecified atom stereocenters. The molecule has 14 heavy (non-hydrogen) atoms. The maximum atomic E-state index is 11.1. The molecule has 3 heteroatoms. The van der Waals surface area contributed by atoms with E-state index in [0.717, 1.165) is 6.42 Å². The molecule has 0 aliphatic heterocycles. The number of ketones is 1. The van der Waals surface area contributed by atoms with Crippen LogP contribution in [0.3, 0.4) is 0 Å². The first-order valence-corrected chi connectivity index (χ1v) is 5.05. The summed E-state index contributed by atoms with van der Waals surface area (Å²) in [5, 5.41) is 3.19. The van der Waals surface area contributed by atoms with Crippen LogP contribution < -0.4 is 5.32 Å². The van der Waals surface area contributed by atoms with Gasteiger partial charge in [0.2, 0.25) is 0 Å². The van der Waals surface area contributed by atoms with Crippen LogP contribution in [0.2, 0.25) is 0 Å². The second-order valence-electron chi connectivity index (χ2n) is 4.80. The largest absolute Gasteiger partial charge is 0.368 e. The number of hydrogen-bond acceptors (Lipinski definition) is 3. The molecule has 0 saturated heterocycles. The number of carbonyl (C=O) groups excluding carboxylic acids is 1. The maximum absolute atomic E-state index is 11.1. The van der Waals surface area contributed by atoms with Gasteiger partial charge in [-0.25, -0.2) is 0 Å². The minimum atomic E-state index is -0.649. The number of Topliss-reactive ketones (excluding diaryl/α,β-unsaturated/α-hetero) is 1. The predicted octanol–water partition coefficient (Wildman–Crippen LogP) is 1.76. The highest BCUT2D eigenvalue weighted by Gasteiger charge is 2.25. The van der Waals surface area contributed by atoms with Crippen molar-refractivity contribution in [2.24, 2.45) is 0 Å². The second kappa shape index (κ2) is 4.89. The first-order valence-electron chi connectivity index (χ1n) is 5.05. The summed E-state index contributed by atoms with van der Waals surface area (Å²) in [6.45, 7) is 9.99. The van der Waals surface area contributed by atoms with Crippen LogP contribution in [0.4, 0.5) is 0 Å². The summed E-state index contributed by atoms with van der Waals surface area (Å²) in [5.41, 5.74) is -0.587. The Morgan fingerprint density at radius 1 is 1.29 bits per heavy atom. The number of hydrogen-bond donors (Lipinski definition) is 1. The molecule has 0 spiro atoms. The monoisotopic (exact) mass is 201 g/mol. The topological polar surface area (TPSA) is 38.3 Å². The molecule has 0 aromatic rings. The summed E-state index contributed by atoms with van der Waals surface area (Å²) in [5.74, 6) is 0.0692. The van der Waals surface area contributed by atoms with Gasteiger partial charge in [0.15, 0.2) is 5.78 Å². The quantitative estimate of drug-likeness (QED) is 0.711. The van der Waals surface area contributed by atoms with E-state index < -0.39 is 5.60 Å². The Balaban J connectivity index is 3.91. The van der Waals surface area contributed by atoms with Gasteiger partial charge in [-0.3, -0.25) is 4.79 Å². The van der Waals surface area contributed by atoms with Crippen LogP contribution in [0.15, 0.2) is 0 Å². The van der Waals surface area contributed by atoms with E-state index in [1.54, 1.807) is 6.92 Å². The van der Waals surface area contributed by atoms with Crippen LogP contribution >= 0.6 is 0 Å². The normalized spacial score (nSPS) is 13.0. The van der Waals surface area contributed by atoms with Gasteiger partial charge >= 0.3 is 0 Å². The van der Waals surface area contributed by atoms with E-state index in [1.165, 1.54) is 0 Å². The number of nitrogens with one attached hydrogen (secondary N) is 1. The zero-order valence-corrected chi connectivity index (χ0v) is 10.2. The summed E-state index contributed by atoms with van der Waals surface area (Å²) in [6, 6.07) is 0. The van der Waals surface area contributed by atoms with Crippen molar-refractivity contribution in [1.29, 1.82) is 0 Å². The fourth-order valence-corrected chi connectivity index (χ4v) is 0.788. The third-order valence-electron chi connectivity index (χ3n) is 2.71. The van der Waals surface area contributed by atoms with Crippen LogP contribution in [-0.4, -0.2) is 30.6 Å². The lowest BCUT2D eigenvalue weighted by Gasteiger charge is -2.27. The van der Waals surface area contributed by atoms with E-state index >= 15 is 0 Å². The first-order chi connectivity index (χ1) is 6.21. The van der Waals surface area contributed by atoms with Crippen molar-refractivity contribution in [2.75, 3.05) is 13.7 Å². The minimum Gasteiger partial charge on any atom is -0.368 e. The molecule has 0 rings (SSSR count). The highest BCUT2D eigenvalue weighted by atomic mass is 16.5. The molecule has 0 aliphatic carbocycles. The van der Waals surface area contributed by atoms with Gasteiger partial charge in [-0.05, 0) is 48.1 Å². The molecular formula is C11H23NO2. The van der Waals surface area contributed by atoms with Crippen LogP contribution in [-0.2, 0) is 9.53 Å². The summed E-state index contributed by atoms with van der Waals surface area (Å²) in [6.07, 6.45) is 0.889. The average molecular weight is 201 g/mol. The lowest BCUT2D eigenvalue weighted by Crippen LogP contribution is -2.40. The molecule has 1 N–H and O–H groups in total. The summed E-state index contributed by atoms with van der Waals surface area (Å²) in [4.78, 5) is 11.1. The Morgan fingerprint density at radius 3 is 2.14 bits per heavy atom. The highest BCUT2D eigenvalue weighted by Crippen LogP contribution is 2.14. The summed E-state index contributed by atoms with van der Waals surface area (Å²) < 4.78 is 5.54. The first kappa shape index (κ1) is 13.6. The zero-order chi connectivity index (χ0) is 11.4. The highest BCUT2D eigenvalue weighted by molar-refractivity contribution is 5.83. The van der Waals surface area contributed by atoms with E-state index in [2.05, 4.69) is 19.2 Å². The van der Waals surface area contributed by atoms with Gasteiger partial charge in [-0.1, -0.05) is 0 Å². The smallest absolute Gasteiger partial charge is 0.160 e. The Hall–Kier alpha value is -0.410. The van der Waals surface area contributed by atoms with E-state index in [0.29, 0.717) is 6.61 Å². The van der Waals surface area contributed by atoms with Gasteiger partial charge in [0.1, 0.15) is 5.60 Å². The standard InChI is InChI=1S/C11H23NO2/c1-9(13)11(4,5)14-8-7-10(2,3)12-6/h12H,7-8H2,1-6H3. The van der Waals surface area contributed by atoms with E-state index in [4.69, 9.17) is 4.74 Å². The van der Waals surface area contributed by atoms with Gasteiger partial charge in [0, 0.05) is 12.1 Å². The molecular weight excluding hydrogens is 178 g/mol. The van der Waals surface area contributed by atoms with Crippen molar-refractivity contribution in [3.05, 3.63) is 0 Å². The van der Waals surface area contributed by atoms with Crippen molar-refractivity contribution in [2.45, 2.75) is 52.2 Å². The molecule has 0 amide bonds. The number of carbonyl (C=O) groups is 1. The van der Waals surface area contributed by atoms with E-state index in [9.17, 15) is 4.79 Å². The molecule has 0 saturated carbocycles. The molecule has 3 nitrogen and oxygen atoms in total. The van der Waals surface area contributed by atoms with Crippen molar-refractivity contribution in [3.63, 3.8) is 0 Å². The number of rotatable bonds is 6. The Bertz CT molecular complexity index is 197. The molecule has 0 aliphatic rings. The molecule has 0 bridgehead atoms. The van der Waals surface area contributed by atoms with E-state index in [-0.39, 0.29) is 11.3 Å². The molecule has 0 atom stereocenters. The molecule has 0 heterocycles. The van der Waals surface area contributed by atoms with Crippen molar-refractivity contribution in [3.8, 4) is 0 Å². The lowest BCUT2D eigenvalue weighted by molar-refractivity contribution is -0.138. The molecule has 0 aromatic heterocycles. The fourth-order valence-electron chi connectivity index (χ4n) is 0.788. The van der Waals surface area contributed by atoms with E-state index in [1.807, 2.05) is 20.9 Å². The predicted molar refractivity (Wildman–Crippen MR) is 58.5 cm³/mol. The Kier molecular flexibility index (Phi) is 4.75. The van der Waals surface area contributed by atoms with Gasteiger partial charge < -0.3 is 10.1 Å². The van der Waals surface area contributed by atoms with Crippen molar-refractivity contribution < 1.29 is 9.53 Å². The molecule has 0 radical (unpaired) electrons. The van der Waals surface area contributed by atoms with Crippen LogP contribution in [0.1, 0.15) is 41.0 Å². The average Bonchev–Trinajstić information content (AvgIpc) is 2.03. The van der Waals surface area contributed by atoms with Gasteiger partial charge in [0.05, 0.1) is 0 Å². The Labute approximate surface area is 87.2 Å². The van der Waals surface area contributed by atoms with Crippen LogP contribution in [0.25, 0.3) is 0 Å². The SMILES string of the molecule is CNC(C)(C)CCOC(C)(C)C(C)=O. The summed E-state index contributed by atoms with van der Waals surface area (Å²) >= 11 is 0. The third kappa shape index (κ3) is 4.72.